The average Bonchev–Trinajstić information content (AvgIpc) is 2.25. The van der Waals surface area contributed by atoms with E-state index >= 15 is 0 Å². The van der Waals surface area contributed by atoms with Gasteiger partial charge in [0, 0.05) is 0 Å². The van der Waals surface area contributed by atoms with E-state index in [1.807, 2.05) is 0 Å². The molecule has 5 heteroatoms. The van der Waals surface area contributed by atoms with Gasteiger partial charge in [-0.15, -0.1) is 0 Å². The third kappa shape index (κ3) is 4.08. The van der Waals surface area contributed by atoms with Crippen LogP contribution >= 0.6 is 0 Å². The summed E-state index contributed by atoms with van der Waals surface area (Å²) in [5.41, 5.74) is 0.786. The van der Waals surface area contributed by atoms with Crippen LogP contribution < -0.4 is 0 Å². The maximum atomic E-state index is 12.0. The highest BCUT2D eigenvalue weighted by atomic mass is 16.6. The Morgan fingerprint density at radius 1 is 1.58 bits per heavy atom. The van der Waals surface area contributed by atoms with Gasteiger partial charge in [0.15, 0.2) is 0 Å². The summed E-state index contributed by atoms with van der Waals surface area (Å²) in [6, 6.07) is -0.495. The number of carbonyl (C=O) groups is 1. The summed E-state index contributed by atoms with van der Waals surface area (Å²) in [6.07, 6.45) is 0.330. The Labute approximate surface area is 114 Å². The molecule has 0 aromatic rings. The minimum Gasteiger partial charge on any atom is -0.444 e. The second kappa shape index (κ2) is 5.75. The Hall–Kier alpha value is -1.33. The highest BCUT2D eigenvalue weighted by Gasteiger charge is 2.33. The van der Waals surface area contributed by atoms with Crippen LogP contribution in [0.15, 0.2) is 23.8 Å². The molecule has 5 nitrogen and oxygen atoms in total. The topological polar surface area (TPSA) is 70.0 Å². The molecule has 108 valence electrons. The highest BCUT2D eigenvalue weighted by Crippen LogP contribution is 2.23. The van der Waals surface area contributed by atoms with Gasteiger partial charge in [-0.1, -0.05) is 18.2 Å². The van der Waals surface area contributed by atoms with Crippen molar-refractivity contribution in [1.29, 1.82) is 0 Å². The molecule has 0 radical (unpaired) electrons. The molecule has 1 aliphatic heterocycles. The zero-order valence-corrected chi connectivity index (χ0v) is 12.0. The van der Waals surface area contributed by atoms with Gasteiger partial charge in [-0.25, -0.2) is 4.79 Å². The Balaban J connectivity index is 2.92. The molecule has 0 aromatic carbocycles. The van der Waals surface area contributed by atoms with Crippen molar-refractivity contribution in [2.45, 2.75) is 45.4 Å². The fourth-order valence-electron chi connectivity index (χ4n) is 1.94. The van der Waals surface area contributed by atoms with Crippen LogP contribution in [0.1, 0.15) is 27.7 Å². The van der Waals surface area contributed by atoms with Crippen molar-refractivity contribution in [2.75, 3.05) is 13.2 Å². The maximum absolute atomic E-state index is 12.0. The summed E-state index contributed by atoms with van der Waals surface area (Å²) in [5.74, 6) is 0. The van der Waals surface area contributed by atoms with Gasteiger partial charge < -0.3 is 14.9 Å². The Morgan fingerprint density at radius 3 is 2.58 bits per heavy atom. The molecule has 1 heterocycles. The van der Waals surface area contributed by atoms with E-state index in [4.69, 9.17) is 4.74 Å². The summed E-state index contributed by atoms with van der Waals surface area (Å²) >= 11 is 0. The molecule has 2 atom stereocenters. The van der Waals surface area contributed by atoms with Gasteiger partial charge >= 0.3 is 6.09 Å². The predicted octanol–water partition coefficient (Wildman–Crippen LogP) is 1.46. The number of ether oxygens (including phenoxy) is 1. The van der Waals surface area contributed by atoms with Gasteiger partial charge in [0.05, 0.1) is 25.3 Å². The van der Waals surface area contributed by atoms with Crippen LogP contribution in [0.4, 0.5) is 4.79 Å². The SMILES string of the molecule is C=C(C)C1=C[C@@H](CO)N(C(=O)OC(C)(C)C)C[C@H]1O. The van der Waals surface area contributed by atoms with E-state index in [0.29, 0.717) is 5.57 Å². The number of aliphatic hydroxyl groups is 2. The molecule has 19 heavy (non-hydrogen) atoms. The monoisotopic (exact) mass is 269 g/mol. The van der Waals surface area contributed by atoms with E-state index < -0.39 is 23.8 Å². The summed E-state index contributed by atoms with van der Waals surface area (Å²) in [6.45, 7) is 10.8. The molecule has 1 aliphatic rings. The largest absolute Gasteiger partial charge is 0.444 e. The van der Waals surface area contributed by atoms with Gasteiger partial charge in [0.1, 0.15) is 5.60 Å². The van der Waals surface area contributed by atoms with Crippen LogP contribution in [0.2, 0.25) is 0 Å². The molecule has 0 aliphatic carbocycles. The Bertz CT molecular complexity index is 395. The van der Waals surface area contributed by atoms with E-state index in [1.54, 1.807) is 33.8 Å². The summed E-state index contributed by atoms with van der Waals surface area (Å²) in [4.78, 5) is 13.4. The summed E-state index contributed by atoms with van der Waals surface area (Å²) in [7, 11) is 0. The van der Waals surface area contributed by atoms with Crippen molar-refractivity contribution in [1.82, 2.24) is 4.90 Å². The molecule has 0 unspecified atom stereocenters. The smallest absolute Gasteiger partial charge is 0.410 e. The first-order valence-corrected chi connectivity index (χ1v) is 6.32. The second-order valence-electron chi connectivity index (χ2n) is 5.80. The number of hydrogen-bond donors (Lipinski definition) is 2. The molecule has 0 aromatic heterocycles. The minimum absolute atomic E-state index is 0.0961. The molecule has 1 rings (SSSR count). The Kier molecular flexibility index (Phi) is 4.76. The van der Waals surface area contributed by atoms with Crippen molar-refractivity contribution >= 4 is 6.09 Å². The highest BCUT2D eigenvalue weighted by molar-refractivity contribution is 5.69. The van der Waals surface area contributed by atoms with E-state index in [1.165, 1.54) is 4.90 Å². The molecular weight excluding hydrogens is 246 g/mol. The zero-order chi connectivity index (χ0) is 14.8. The lowest BCUT2D eigenvalue weighted by Gasteiger charge is -2.37. The molecular formula is C14H23NO4. The van der Waals surface area contributed by atoms with Gasteiger partial charge in [0.2, 0.25) is 0 Å². The normalized spacial score (nSPS) is 23.9. The summed E-state index contributed by atoms with van der Waals surface area (Å²) < 4.78 is 5.27. The van der Waals surface area contributed by atoms with Crippen LogP contribution in [0.5, 0.6) is 0 Å². The van der Waals surface area contributed by atoms with E-state index in [-0.39, 0.29) is 13.2 Å². The molecule has 2 N–H and O–H groups in total. The summed E-state index contributed by atoms with van der Waals surface area (Å²) in [5, 5.41) is 19.4. The van der Waals surface area contributed by atoms with Crippen molar-refractivity contribution < 1.29 is 19.7 Å². The average molecular weight is 269 g/mol. The van der Waals surface area contributed by atoms with E-state index in [0.717, 1.165) is 5.57 Å². The van der Waals surface area contributed by atoms with Crippen molar-refractivity contribution in [3.05, 3.63) is 23.8 Å². The van der Waals surface area contributed by atoms with Gasteiger partial charge in [-0.3, -0.25) is 4.90 Å². The number of rotatable bonds is 2. The van der Waals surface area contributed by atoms with Crippen LogP contribution in [0, 0.1) is 0 Å². The molecule has 0 spiro atoms. The number of aliphatic hydroxyl groups excluding tert-OH is 2. The zero-order valence-electron chi connectivity index (χ0n) is 12.0. The fourth-order valence-corrected chi connectivity index (χ4v) is 1.94. The van der Waals surface area contributed by atoms with Crippen LogP contribution in [-0.4, -0.2) is 52.1 Å². The van der Waals surface area contributed by atoms with E-state index in [9.17, 15) is 15.0 Å². The fraction of sp³-hybridized carbons (Fsp3) is 0.643. The molecule has 1 amide bonds. The predicted molar refractivity (Wildman–Crippen MR) is 72.7 cm³/mol. The maximum Gasteiger partial charge on any atom is 0.410 e. The van der Waals surface area contributed by atoms with Crippen molar-refractivity contribution in [3.8, 4) is 0 Å². The van der Waals surface area contributed by atoms with Crippen LogP contribution in [-0.2, 0) is 4.74 Å². The van der Waals surface area contributed by atoms with Crippen molar-refractivity contribution in [2.24, 2.45) is 0 Å². The minimum atomic E-state index is -0.798. The lowest BCUT2D eigenvalue weighted by molar-refractivity contribution is 0.00240. The molecule has 0 saturated heterocycles. The Morgan fingerprint density at radius 2 is 2.16 bits per heavy atom. The van der Waals surface area contributed by atoms with E-state index in [2.05, 4.69) is 6.58 Å². The van der Waals surface area contributed by atoms with Crippen molar-refractivity contribution in [3.63, 3.8) is 0 Å². The third-order valence-electron chi connectivity index (χ3n) is 2.81. The number of β-amino-alcohol motifs (C(OH)–C–C–N with tert-alkyl or cyclic N) is 1. The quantitative estimate of drug-likeness (QED) is 0.796. The number of amides is 1. The number of hydrogen-bond acceptors (Lipinski definition) is 4. The number of carbonyl (C=O) groups excluding carboxylic acids is 1. The number of nitrogens with zero attached hydrogens (tertiary/aromatic N) is 1. The first-order valence-electron chi connectivity index (χ1n) is 6.32. The first kappa shape index (κ1) is 15.7. The molecule has 0 saturated carbocycles. The van der Waals surface area contributed by atoms with Crippen LogP contribution in [0.3, 0.4) is 0 Å². The molecule has 0 bridgehead atoms. The second-order valence-corrected chi connectivity index (χ2v) is 5.80. The third-order valence-corrected chi connectivity index (χ3v) is 2.81. The first-order chi connectivity index (χ1) is 8.65. The standard InChI is InChI=1S/C14H23NO4/c1-9(2)11-6-10(8-16)15(7-12(11)17)13(18)19-14(3,4)5/h6,10,12,16-17H,1,7-8H2,2-5H3/t10-,12+/m0/s1. The molecule has 0 fully saturated rings. The van der Waals surface area contributed by atoms with Gasteiger partial charge in [0.25, 0.3) is 0 Å². The lowest BCUT2D eigenvalue weighted by Crippen LogP contribution is -2.51. The lowest BCUT2D eigenvalue weighted by atomic mass is 9.95. The van der Waals surface area contributed by atoms with Gasteiger partial charge in [-0.2, -0.15) is 0 Å². The van der Waals surface area contributed by atoms with Gasteiger partial charge in [-0.05, 0) is 33.3 Å². The van der Waals surface area contributed by atoms with Crippen LogP contribution in [0.25, 0.3) is 0 Å².